The lowest BCUT2D eigenvalue weighted by atomic mass is 9.99. The molecule has 1 aromatic rings. The number of ether oxygens (including phenoxy) is 1. The third kappa shape index (κ3) is 5.91. The molecule has 0 radical (unpaired) electrons. The molecule has 0 heterocycles. The van der Waals surface area contributed by atoms with E-state index in [9.17, 15) is 9.90 Å². The van der Waals surface area contributed by atoms with Crippen molar-refractivity contribution < 1.29 is 14.6 Å². The highest BCUT2D eigenvalue weighted by Crippen LogP contribution is 2.17. The van der Waals surface area contributed by atoms with Crippen LogP contribution >= 0.6 is 12.4 Å². The molecule has 3 atom stereocenters. The number of hydrogen-bond donors (Lipinski definition) is 3. The Morgan fingerprint density at radius 1 is 1.38 bits per heavy atom. The number of methoxy groups -OCH3 is 1. The number of aliphatic hydroxyl groups is 1. The first-order chi connectivity index (χ1) is 9.49. The van der Waals surface area contributed by atoms with Gasteiger partial charge in [0.15, 0.2) is 0 Å². The smallest absolute Gasteiger partial charge is 0.237 e. The number of amides is 1. The minimum absolute atomic E-state index is 0. The molecule has 3 unspecified atom stereocenters. The van der Waals surface area contributed by atoms with E-state index in [-0.39, 0.29) is 30.8 Å². The predicted molar refractivity (Wildman–Crippen MR) is 85.6 cm³/mol. The first-order valence-corrected chi connectivity index (χ1v) is 6.84. The van der Waals surface area contributed by atoms with Gasteiger partial charge in [-0.3, -0.25) is 4.79 Å². The van der Waals surface area contributed by atoms with E-state index in [1.165, 1.54) is 0 Å². The third-order valence-corrected chi connectivity index (χ3v) is 3.53. The first-order valence-electron chi connectivity index (χ1n) is 6.84. The van der Waals surface area contributed by atoms with Crippen LogP contribution in [-0.2, 0) is 4.79 Å². The molecule has 1 aromatic carbocycles. The first kappa shape index (κ1) is 19.7. The van der Waals surface area contributed by atoms with E-state index in [1.54, 1.807) is 31.4 Å². The zero-order valence-corrected chi connectivity index (χ0v) is 13.5. The van der Waals surface area contributed by atoms with Gasteiger partial charge in [0.05, 0.1) is 19.3 Å². The largest absolute Gasteiger partial charge is 0.497 e. The van der Waals surface area contributed by atoms with Gasteiger partial charge >= 0.3 is 0 Å². The second-order valence-corrected chi connectivity index (χ2v) is 4.95. The van der Waals surface area contributed by atoms with Gasteiger partial charge in [-0.15, -0.1) is 12.4 Å². The van der Waals surface area contributed by atoms with Crippen molar-refractivity contribution in [1.82, 2.24) is 5.32 Å². The highest BCUT2D eigenvalue weighted by atomic mass is 35.5. The Balaban J connectivity index is 0.00000400. The Bertz CT molecular complexity index is 425. The molecule has 0 aromatic heterocycles. The summed E-state index contributed by atoms with van der Waals surface area (Å²) < 4.78 is 5.05. The van der Waals surface area contributed by atoms with Gasteiger partial charge < -0.3 is 20.9 Å². The minimum atomic E-state index is -0.756. The fraction of sp³-hybridized carbons (Fsp3) is 0.533. The number of halogens is 1. The van der Waals surface area contributed by atoms with E-state index >= 15 is 0 Å². The summed E-state index contributed by atoms with van der Waals surface area (Å²) in [5, 5.41) is 12.7. The standard InChI is InChI=1S/C15H24N2O3.ClH/c1-4-10(2)14(16)15(19)17-9-13(18)11-5-7-12(20-3)8-6-11;/h5-8,10,13-14,18H,4,9,16H2,1-3H3,(H,17,19);1H. The molecule has 4 N–H and O–H groups in total. The number of nitrogens with two attached hydrogens (primary N) is 1. The van der Waals surface area contributed by atoms with Gasteiger partial charge in [-0.1, -0.05) is 32.4 Å². The number of hydrogen-bond acceptors (Lipinski definition) is 4. The molecular weight excluding hydrogens is 292 g/mol. The molecule has 0 aliphatic carbocycles. The lowest BCUT2D eigenvalue weighted by Crippen LogP contribution is -2.45. The van der Waals surface area contributed by atoms with Gasteiger partial charge in [-0.05, 0) is 23.6 Å². The molecule has 0 spiro atoms. The molecule has 5 nitrogen and oxygen atoms in total. The second-order valence-electron chi connectivity index (χ2n) is 4.95. The number of carbonyl (C=O) groups excluding carboxylic acids is 1. The Labute approximate surface area is 132 Å². The highest BCUT2D eigenvalue weighted by molar-refractivity contribution is 5.85. The van der Waals surface area contributed by atoms with Crippen LogP contribution < -0.4 is 15.8 Å². The Kier molecular flexibility index (Phi) is 9.01. The molecule has 0 saturated carbocycles. The van der Waals surface area contributed by atoms with Crippen LogP contribution in [0.5, 0.6) is 5.75 Å². The van der Waals surface area contributed by atoms with Crippen LogP contribution in [0.15, 0.2) is 24.3 Å². The molecule has 0 saturated heterocycles. The summed E-state index contributed by atoms with van der Waals surface area (Å²) in [6.45, 7) is 4.07. The minimum Gasteiger partial charge on any atom is -0.497 e. The maximum atomic E-state index is 11.8. The zero-order valence-electron chi connectivity index (χ0n) is 12.7. The normalized spacial score (nSPS) is 14.5. The summed E-state index contributed by atoms with van der Waals surface area (Å²) in [5.74, 6) is 0.615. The number of benzene rings is 1. The maximum absolute atomic E-state index is 11.8. The highest BCUT2D eigenvalue weighted by Gasteiger charge is 2.20. The van der Waals surface area contributed by atoms with Crippen molar-refractivity contribution in [3.05, 3.63) is 29.8 Å². The van der Waals surface area contributed by atoms with Gasteiger partial charge in [0.2, 0.25) is 5.91 Å². The van der Waals surface area contributed by atoms with Crippen LogP contribution in [0.3, 0.4) is 0 Å². The average Bonchev–Trinajstić information content (AvgIpc) is 2.50. The van der Waals surface area contributed by atoms with Gasteiger partial charge in [0.25, 0.3) is 0 Å². The van der Waals surface area contributed by atoms with Crippen LogP contribution in [0, 0.1) is 5.92 Å². The predicted octanol–water partition coefficient (Wildman–Crippen LogP) is 1.64. The summed E-state index contributed by atoms with van der Waals surface area (Å²) in [6.07, 6.45) is 0.0873. The number of aliphatic hydroxyl groups excluding tert-OH is 1. The summed E-state index contributed by atoms with van der Waals surface area (Å²) in [5.41, 5.74) is 6.55. The molecule has 0 fully saturated rings. The molecule has 21 heavy (non-hydrogen) atoms. The van der Waals surface area contributed by atoms with E-state index in [0.29, 0.717) is 0 Å². The summed E-state index contributed by atoms with van der Waals surface area (Å²) in [7, 11) is 1.59. The molecule has 0 aliphatic heterocycles. The Morgan fingerprint density at radius 2 is 1.95 bits per heavy atom. The van der Waals surface area contributed by atoms with E-state index < -0.39 is 12.1 Å². The fourth-order valence-electron chi connectivity index (χ4n) is 1.77. The van der Waals surface area contributed by atoms with Crippen LogP contribution in [0.4, 0.5) is 0 Å². The topological polar surface area (TPSA) is 84.6 Å². The summed E-state index contributed by atoms with van der Waals surface area (Å²) >= 11 is 0. The molecule has 0 aliphatic rings. The second kappa shape index (κ2) is 9.60. The maximum Gasteiger partial charge on any atom is 0.237 e. The lowest BCUT2D eigenvalue weighted by Gasteiger charge is -2.19. The molecule has 120 valence electrons. The molecule has 6 heteroatoms. The van der Waals surface area contributed by atoms with Crippen LogP contribution in [0.1, 0.15) is 31.9 Å². The van der Waals surface area contributed by atoms with Gasteiger partial charge in [0.1, 0.15) is 5.75 Å². The Hall–Kier alpha value is -1.30. The average molecular weight is 317 g/mol. The van der Waals surface area contributed by atoms with E-state index in [4.69, 9.17) is 10.5 Å². The Morgan fingerprint density at radius 3 is 2.43 bits per heavy atom. The van der Waals surface area contributed by atoms with E-state index in [0.717, 1.165) is 17.7 Å². The van der Waals surface area contributed by atoms with Gasteiger partial charge in [0, 0.05) is 6.54 Å². The van der Waals surface area contributed by atoms with E-state index in [2.05, 4.69) is 5.32 Å². The molecule has 0 bridgehead atoms. The number of nitrogens with one attached hydrogen (secondary N) is 1. The fourth-order valence-corrected chi connectivity index (χ4v) is 1.77. The van der Waals surface area contributed by atoms with Crippen molar-refractivity contribution in [2.45, 2.75) is 32.4 Å². The lowest BCUT2D eigenvalue weighted by molar-refractivity contribution is -0.123. The monoisotopic (exact) mass is 316 g/mol. The molecular formula is C15H25ClN2O3. The van der Waals surface area contributed by atoms with Gasteiger partial charge in [-0.25, -0.2) is 0 Å². The summed E-state index contributed by atoms with van der Waals surface area (Å²) in [4.78, 5) is 11.8. The number of carbonyl (C=O) groups is 1. The third-order valence-electron chi connectivity index (χ3n) is 3.53. The summed E-state index contributed by atoms with van der Waals surface area (Å²) in [6, 6.07) is 6.54. The van der Waals surface area contributed by atoms with Crippen molar-refractivity contribution in [3.8, 4) is 5.75 Å². The number of rotatable bonds is 7. The van der Waals surface area contributed by atoms with Crippen LogP contribution in [0.25, 0.3) is 0 Å². The van der Waals surface area contributed by atoms with Gasteiger partial charge in [-0.2, -0.15) is 0 Å². The van der Waals surface area contributed by atoms with Crippen LogP contribution in [-0.4, -0.2) is 30.7 Å². The molecule has 1 amide bonds. The van der Waals surface area contributed by atoms with Crippen LogP contribution in [0.2, 0.25) is 0 Å². The quantitative estimate of drug-likeness (QED) is 0.714. The van der Waals surface area contributed by atoms with E-state index in [1.807, 2.05) is 13.8 Å². The van der Waals surface area contributed by atoms with Crippen molar-refractivity contribution in [3.63, 3.8) is 0 Å². The van der Waals surface area contributed by atoms with Crippen molar-refractivity contribution in [2.24, 2.45) is 11.7 Å². The SMILES string of the molecule is CCC(C)C(N)C(=O)NCC(O)c1ccc(OC)cc1.Cl. The van der Waals surface area contributed by atoms with Crippen molar-refractivity contribution in [2.75, 3.05) is 13.7 Å². The van der Waals surface area contributed by atoms with Crippen molar-refractivity contribution >= 4 is 18.3 Å². The zero-order chi connectivity index (χ0) is 15.1. The van der Waals surface area contributed by atoms with Crippen molar-refractivity contribution in [1.29, 1.82) is 0 Å². The molecule has 1 rings (SSSR count).